The fraction of sp³-hybridized carbons (Fsp3) is 0.429. The first-order valence-electron chi connectivity index (χ1n) is 9.29. The van der Waals surface area contributed by atoms with Gasteiger partial charge in [-0.25, -0.2) is 0 Å². The second-order valence-corrected chi connectivity index (χ2v) is 6.69. The standard InChI is InChI=1S/C21H26N2O3/c1-3-26-20(24)15-17-11-7-8-14-23(17)21(25)19-13-12-18(22(19)2)16-9-5-4-6-10-16/h4-6,9-10,12-13,17H,3,7-8,11,14-15H2,1-2H3/t17-/m1/s1. The first kappa shape index (κ1) is 18.2. The normalized spacial score (nSPS) is 17.2. The maximum atomic E-state index is 13.2. The summed E-state index contributed by atoms with van der Waals surface area (Å²) in [6.45, 7) is 2.86. The van der Waals surface area contributed by atoms with Crippen molar-refractivity contribution in [1.82, 2.24) is 9.47 Å². The topological polar surface area (TPSA) is 51.5 Å². The summed E-state index contributed by atoms with van der Waals surface area (Å²) in [4.78, 5) is 26.9. The third-order valence-corrected chi connectivity index (χ3v) is 5.01. The van der Waals surface area contributed by atoms with Crippen LogP contribution in [0.15, 0.2) is 42.5 Å². The first-order valence-corrected chi connectivity index (χ1v) is 9.29. The third kappa shape index (κ3) is 3.82. The molecule has 1 aliphatic heterocycles. The molecule has 2 aromatic rings. The Morgan fingerprint density at radius 3 is 2.62 bits per heavy atom. The van der Waals surface area contributed by atoms with Crippen LogP contribution in [0.25, 0.3) is 11.3 Å². The number of nitrogens with zero attached hydrogens (tertiary/aromatic N) is 2. The summed E-state index contributed by atoms with van der Waals surface area (Å²) >= 11 is 0. The number of rotatable bonds is 5. The van der Waals surface area contributed by atoms with E-state index in [-0.39, 0.29) is 24.3 Å². The van der Waals surface area contributed by atoms with Crippen LogP contribution < -0.4 is 0 Å². The molecule has 0 radical (unpaired) electrons. The minimum Gasteiger partial charge on any atom is -0.466 e. The van der Waals surface area contributed by atoms with Crippen molar-refractivity contribution < 1.29 is 14.3 Å². The molecule has 3 rings (SSSR count). The van der Waals surface area contributed by atoms with Gasteiger partial charge in [-0.1, -0.05) is 30.3 Å². The molecule has 1 aromatic carbocycles. The van der Waals surface area contributed by atoms with E-state index in [1.54, 1.807) is 6.92 Å². The Morgan fingerprint density at radius 2 is 1.88 bits per heavy atom. The van der Waals surface area contributed by atoms with Gasteiger partial charge in [0.25, 0.3) is 5.91 Å². The molecule has 1 aromatic heterocycles. The van der Waals surface area contributed by atoms with E-state index in [0.29, 0.717) is 18.8 Å². The lowest BCUT2D eigenvalue weighted by Gasteiger charge is -2.35. The maximum absolute atomic E-state index is 13.2. The molecule has 0 saturated carbocycles. The number of amides is 1. The second-order valence-electron chi connectivity index (χ2n) is 6.69. The van der Waals surface area contributed by atoms with Gasteiger partial charge in [-0.3, -0.25) is 9.59 Å². The number of benzene rings is 1. The minimum atomic E-state index is -0.228. The highest BCUT2D eigenvalue weighted by Gasteiger charge is 2.31. The predicted molar refractivity (Wildman–Crippen MR) is 101 cm³/mol. The molecule has 0 N–H and O–H groups in total. The molecule has 0 spiro atoms. The zero-order valence-electron chi connectivity index (χ0n) is 15.5. The van der Waals surface area contributed by atoms with Crippen LogP contribution in [0, 0.1) is 0 Å². The van der Waals surface area contributed by atoms with E-state index in [4.69, 9.17) is 4.74 Å². The van der Waals surface area contributed by atoms with Crippen molar-refractivity contribution in [2.75, 3.05) is 13.2 Å². The molecule has 2 heterocycles. The van der Waals surface area contributed by atoms with Gasteiger partial charge in [0.2, 0.25) is 0 Å². The van der Waals surface area contributed by atoms with Crippen molar-refractivity contribution in [2.45, 2.75) is 38.6 Å². The molecule has 1 amide bonds. The quantitative estimate of drug-likeness (QED) is 0.770. The van der Waals surface area contributed by atoms with E-state index in [9.17, 15) is 9.59 Å². The molecule has 1 atom stereocenters. The number of hydrogen-bond acceptors (Lipinski definition) is 3. The second kappa shape index (κ2) is 8.21. The van der Waals surface area contributed by atoms with Gasteiger partial charge in [-0.2, -0.15) is 0 Å². The van der Waals surface area contributed by atoms with Crippen molar-refractivity contribution in [2.24, 2.45) is 7.05 Å². The van der Waals surface area contributed by atoms with Gasteiger partial charge in [-0.15, -0.1) is 0 Å². The highest BCUT2D eigenvalue weighted by atomic mass is 16.5. The summed E-state index contributed by atoms with van der Waals surface area (Å²) in [5, 5.41) is 0. The van der Waals surface area contributed by atoms with Crippen LogP contribution >= 0.6 is 0 Å². The highest BCUT2D eigenvalue weighted by Crippen LogP contribution is 2.26. The van der Waals surface area contributed by atoms with E-state index in [0.717, 1.165) is 30.5 Å². The molecule has 0 bridgehead atoms. The van der Waals surface area contributed by atoms with Gasteiger partial charge >= 0.3 is 5.97 Å². The lowest BCUT2D eigenvalue weighted by molar-refractivity contribution is -0.144. The largest absolute Gasteiger partial charge is 0.466 e. The smallest absolute Gasteiger partial charge is 0.307 e. The Balaban J connectivity index is 1.81. The van der Waals surface area contributed by atoms with E-state index in [1.165, 1.54) is 0 Å². The van der Waals surface area contributed by atoms with Crippen LogP contribution in [0.5, 0.6) is 0 Å². The Morgan fingerprint density at radius 1 is 1.12 bits per heavy atom. The molecular formula is C21H26N2O3. The summed E-state index contributed by atoms with van der Waals surface area (Å²) in [5.41, 5.74) is 2.74. The number of carbonyl (C=O) groups is 2. The SMILES string of the molecule is CCOC(=O)C[C@H]1CCCCN1C(=O)c1ccc(-c2ccccc2)n1C. The van der Waals surface area contributed by atoms with Crippen LogP contribution in [-0.4, -0.2) is 40.5 Å². The molecule has 0 unspecified atom stereocenters. The van der Waals surface area contributed by atoms with Crippen LogP contribution in [0.3, 0.4) is 0 Å². The van der Waals surface area contributed by atoms with E-state index in [2.05, 4.69) is 0 Å². The Kier molecular flexibility index (Phi) is 5.76. The van der Waals surface area contributed by atoms with Gasteiger partial charge in [-0.05, 0) is 43.9 Å². The van der Waals surface area contributed by atoms with Crippen molar-refractivity contribution in [3.8, 4) is 11.3 Å². The molecular weight excluding hydrogens is 328 g/mol. The Hall–Kier alpha value is -2.56. The van der Waals surface area contributed by atoms with Crippen molar-refractivity contribution >= 4 is 11.9 Å². The van der Waals surface area contributed by atoms with Crippen LogP contribution in [0.1, 0.15) is 43.1 Å². The monoisotopic (exact) mass is 354 g/mol. The van der Waals surface area contributed by atoms with Gasteiger partial charge < -0.3 is 14.2 Å². The van der Waals surface area contributed by atoms with Gasteiger partial charge in [0.15, 0.2) is 0 Å². The molecule has 26 heavy (non-hydrogen) atoms. The summed E-state index contributed by atoms with van der Waals surface area (Å²) < 4.78 is 7.02. The average molecular weight is 354 g/mol. The first-order chi connectivity index (χ1) is 12.6. The maximum Gasteiger partial charge on any atom is 0.307 e. The predicted octanol–water partition coefficient (Wildman–Crippen LogP) is 3.64. The number of likely N-dealkylation sites (tertiary alicyclic amines) is 1. The number of piperidine rings is 1. The van der Waals surface area contributed by atoms with Crippen LogP contribution in [0.4, 0.5) is 0 Å². The molecule has 1 fully saturated rings. The summed E-state index contributed by atoms with van der Waals surface area (Å²) in [5.74, 6) is -0.238. The van der Waals surface area contributed by atoms with Crippen molar-refractivity contribution in [3.63, 3.8) is 0 Å². The van der Waals surface area contributed by atoms with E-state index < -0.39 is 0 Å². The van der Waals surface area contributed by atoms with Gasteiger partial charge in [0, 0.05) is 25.3 Å². The minimum absolute atomic E-state index is 0.0105. The number of aromatic nitrogens is 1. The molecule has 5 nitrogen and oxygen atoms in total. The fourth-order valence-electron chi connectivity index (χ4n) is 3.66. The van der Waals surface area contributed by atoms with E-state index in [1.807, 2.05) is 59.0 Å². The fourth-order valence-corrected chi connectivity index (χ4v) is 3.66. The zero-order valence-corrected chi connectivity index (χ0v) is 15.5. The number of carbonyl (C=O) groups excluding carboxylic acids is 2. The molecule has 1 aliphatic rings. The number of esters is 1. The molecule has 138 valence electrons. The van der Waals surface area contributed by atoms with E-state index >= 15 is 0 Å². The summed E-state index contributed by atoms with van der Waals surface area (Å²) in [7, 11) is 1.92. The van der Waals surface area contributed by atoms with Gasteiger partial charge in [0.1, 0.15) is 5.69 Å². The molecule has 0 aliphatic carbocycles. The molecule has 5 heteroatoms. The zero-order chi connectivity index (χ0) is 18.5. The Bertz CT molecular complexity index is 767. The number of ether oxygens (including phenoxy) is 1. The van der Waals surface area contributed by atoms with Crippen LogP contribution in [0.2, 0.25) is 0 Å². The third-order valence-electron chi connectivity index (χ3n) is 5.01. The lowest BCUT2D eigenvalue weighted by Crippen LogP contribution is -2.45. The average Bonchev–Trinajstić information content (AvgIpc) is 3.04. The summed E-state index contributed by atoms with van der Waals surface area (Å²) in [6.07, 6.45) is 3.13. The lowest BCUT2D eigenvalue weighted by atomic mass is 9.99. The van der Waals surface area contributed by atoms with Crippen molar-refractivity contribution in [3.05, 3.63) is 48.2 Å². The van der Waals surface area contributed by atoms with Gasteiger partial charge in [0.05, 0.1) is 13.0 Å². The van der Waals surface area contributed by atoms with Crippen molar-refractivity contribution in [1.29, 1.82) is 0 Å². The summed E-state index contributed by atoms with van der Waals surface area (Å²) in [6, 6.07) is 13.8. The highest BCUT2D eigenvalue weighted by molar-refractivity contribution is 5.94. The van der Waals surface area contributed by atoms with Crippen LogP contribution in [-0.2, 0) is 16.6 Å². The number of hydrogen-bond donors (Lipinski definition) is 0. The Labute approximate surface area is 154 Å². The molecule has 1 saturated heterocycles.